The van der Waals surface area contributed by atoms with Gasteiger partial charge < -0.3 is 14.7 Å². The maximum Gasteiger partial charge on any atom is 0.119 e. The van der Waals surface area contributed by atoms with Gasteiger partial charge in [-0.1, -0.05) is 6.92 Å². The van der Waals surface area contributed by atoms with Crippen LogP contribution in [0.4, 0.5) is 5.69 Å². The SMILES string of the molecule is COc1ccc2c(c1)C(C)(CO)CN2C. The van der Waals surface area contributed by atoms with Gasteiger partial charge in [0.2, 0.25) is 0 Å². The number of likely N-dealkylation sites (N-methyl/N-ethyl adjacent to an activating group) is 1. The van der Waals surface area contributed by atoms with Gasteiger partial charge >= 0.3 is 0 Å². The van der Waals surface area contributed by atoms with Crippen LogP contribution in [0.2, 0.25) is 0 Å². The number of aliphatic hydroxyl groups excluding tert-OH is 1. The zero-order valence-electron chi connectivity index (χ0n) is 9.45. The summed E-state index contributed by atoms with van der Waals surface area (Å²) >= 11 is 0. The van der Waals surface area contributed by atoms with Crippen LogP contribution in [0.1, 0.15) is 12.5 Å². The third kappa shape index (κ3) is 1.47. The molecule has 1 aliphatic heterocycles. The van der Waals surface area contributed by atoms with E-state index in [0.29, 0.717) is 0 Å². The van der Waals surface area contributed by atoms with Gasteiger partial charge in [-0.25, -0.2) is 0 Å². The van der Waals surface area contributed by atoms with E-state index in [2.05, 4.69) is 17.9 Å². The molecule has 0 amide bonds. The highest BCUT2D eigenvalue weighted by Gasteiger charge is 2.37. The summed E-state index contributed by atoms with van der Waals surface area (Å²) in [6.45, 7) is 3.10. The van der Waals surface area contributed by atoms with Crippen LogP contribution in [0, 0.1) is 0 Å². The highest BCUT2D eigenvalue weighted by atomic mass is 16.5. The molecule has 82 valence electrons. The maximum atomic E-state index is 9.49. The Morgan fingerprint density at radius 1 is 1.53 bits per heavy atom. The lowest BCUT2D eigenvalue weighted by Gasteiger charge is -2.22. The minimum atomic E-state index is -0.168. The van der Waals surface area contributed by atoms with E-state index >= 15 is 0 Å². The molecule has 3 heteroatoms. The molecule has 1 aromatic rings. The number of rotatable bonds is 2. The molecule has 1 unspecified atom stereocenters. The average Bonchev–Trinajstić information content (AvgIpc) is 2.52. The molecule has 0 radical (unpaired) electrons. The van der Waals surface area contributed by atoms with Gasteiger partial charge in [-0.3, -0.25) is 0 Å². The first kappa shape index (κ1) is 10.3. The molecule has 0 saturated carbocycles. The molecule has 0 spiro atoms. The topological polar surface area (TPSA) is 32.7 Å². The molecule has 3 nitrogen and oxygen atoms in total. The van der Waals surface area contributed by atoms with E-state index in [9.17, 15) is 5.11 Å². The number of nitrogens with zero attached hydrogens (tertiary/aromatic N) is 1. The molecular formula is C12H17NO2. The summed E-state index contributed by atoms with van der Waals surface area (Å²) in [4.78, 5) is 2.17. The van der Waals surface area contributed by atoms with Crippen molar-refractivity contribution in [1.29, 1.82) is 0 Å². The fourth-order valence-electron chi connectivity index (χ4n) is 2.29. The van der Waals surface area contributed by atoms with Gasteiger partial charge in [0.15, 0.2) is 0 Å². The van der Waals surface area contributed by atoms with Crippen molar-refractivity contribution in [1.82, 2.24) is 0 Å². The van der Waals surface area contributed by atoms with E-state index in [1.165, 1.54) is 11.3 Å². The number of methoxy groups -OCH3 is 1. The van der Waals surface area contributed by atoms with E-state index in [1.54, 1.807) is 7.11 Å². The monoisotopic (exact) mass is 207 g/mol. The molecule has 0 bridgehead atoms. The maximum absolute atomic E-state index is 9.49. The number of anilines is 1. The number of fused-ring (bicyclic) bond motifs is 1. The quantitative estimate of drug-likeness (QED) is 0.795. The molecule has 1 heterocycles. The van der Waals surface area contributed by atoms with Crippen molar-refractivity contribution in [3.63, 3.8) is 0 Å². The zero-order valence-corrected chi connectivity index (χ0v) is 9.45. The molecular weight excluding hydrogens is 190 g/mol. The fourth-order valence-corrected chi connectivity index (χ4v) is 2.29. The second kappa shape index (κ2) is 3.42. The molecule has 1 aliphatic rings. The first-order valence-electron chi connectivity index (χ1n) is 5.11. The third-order valence-corrected chi connectivity index (χ3v) is 3.20. The van der Waals surface area contributed by atoms with Crippen LogP contribution in [0.15, 0.2) is 18.2 Å². The summed E-state index contributed by atoms with van der Waals surface area (Å²) in [6, 6.07) is 6.03. The Hall–Kier alpha value is -1.22. The Balaban J connectivity index is 2.52. The van der Waals surface area contributed by atoms with Gasteiger partial charge in [-0.05, 0) is 23.8 Å². The Bertz CT molecular complexity index is 378. The molecule has 1 aromatic carbocycles. The lowest BCUT2D eigenvalue weighted by Crippen LogP contribution is -2.32. The standard InChI is InChI=1S/C12H17NO2/c1-12(8-14)7-13(2)11-5-4-9(15-3)6-10(11)12/h4-6,14H,7-8H2,1-3H3. The second-order valence-corrected chi connectivity index (χ2v) is 4.46. The van der Waals surface area contributed by atoms with Crippen LogP contribution in [0.3, 0.4) is 0 Å². The minimum absolute atomic E-state index is 0.164. The zero-order chi connectivity index (χ0) is 11.1. The van der Waals surface area contributed by atoms with Crippen molar-refractivity contribution in [2.45, 2.75) is 12.3 Å². The van der Waals surface area contributed by atoms with Crippen LogP contribution in [0.5, 0.6) is 5.75 Å². The molecule has 1 atom stereocenters. The van der Waals surface area contributed by atoms with Crippen LogP contribution in [-0.2, 0) is 5.41 Å². The number of ether oxygens (including phenoxy) is 1. The summed E-state index contributed by atoms with van der Waals surface area (Å²) in [5, 5.41) is 9.49. The third-order valence-electron chi connectivity index (χ3n) is 3.20. The number of benzene rings is 1. The minimum Gasteiger partial charge on any atom is -0.497 e. The summed E-state index contributed by atoms with van der Waals surface area (Å²) in [5.41, 5.74) is 2.19. The summed E-state index contributed by atoms with van der Waals surface area (Å²) in [7, 11) is 3.71. The number of aliphatic hydroxyl groups is 1. The summed E-state index contributed by atoms with van der Waals surface area (Å²) < 4.78 is 5.21. The van der Waals surface area contributed by atoms with E-state index in [1.807, 2.05) is 19.2 Å². The number of hydrogen-bond donors (Lipinski definition) is 1. The Morgan fingerprint density at radius 3 is 2.87 bits per heavy atom. The van der Waals surface area contributed by atoms with E-state index in [0.717, 1.165) is 12.3 Å². The molecule has 15 heavy (non-hydrogen) atoms. The van der Waals surface area contributed by atoms with Crippen LogP contribution in [-0.4, -0.2) is 32.4 Å². The fraction of sp³-hybridized carbons (Fsp3) is 0.500. The van der Waals surface area contributed by atoms with Gasteiger partial charge in [-0.15, -0.1) is 0 Å². The van der Waals surface area contributed by atoms with Crippen LogP contribution >= 0.6 is 0 Å². The van der Waals surface area contributed by atoms with Crippen molar-refractivity contribution >= 4 is 5.69 Å². The van der Waals surface area contributed by atoms with Crippen molar-refractivity contribution in [3.8, 4) is 5.75 Å². The Labute approximate surface area is 90.3 Å². The molecule has 0 saturated heterocycles. The van der Waals surface area contributed by atoms with Gasteiger partial charge in [-0.2, -0.15) is 0 Å². The predicted octanol–water partition coefficient (Wildman–Crippen LogP) is 1.39. The smallest absolute Gasteiger partial charge is 0.119 e. The van der Waals surface area contributed by atoms with Crippen molar-refractivity contribution in [3.05, 3.63) is 23.8 Å². The van der Waals surface area contributed by atoms with Crippen molar-refractivity contribution in [2.24, 2.45) is 0 Å². The number of hydrogen-bond acceptors (Lipinski definition) is 3. The average molecular weight is 207 g/mol. The molecule has 0 aromatic heterocycles. The van der Waals surface area contributed by atoms with Gasteiger partial charge in [0.05, 0.1) is 13.7 Å². The van der Waals surface area contributed by atoms with Gasteiger partial charge in [0.1, 0.15) is 5.75 Å². The lowest BCUT2D eigenvalue weighted by atomic mass is 9.85. The first-order valence-corrected chi connectivity index (χ1v) is 5.11. The van der Waals surface area contributed by atoms with Crippen molar-refractivity contribution in [2.75, 3.05) is 32.2 Å². The molecule has 0 aliphatic carbocycles. The predicted molar refractivity (Wildman–Crippen MR) is 60.7 cm³/mol. The summed E-state index contributed by atoms with van der Waals surface area (Å²) in [5.74, 6) is 0.851. The van der Waals surface area contributed by atoms with E-state index in [4.69, 9.17) is 4.74 Å². The van der Waals surface area contributed by atoms with Crippen LogP contribution in [0.25, 0.3) is 0 Å². The Morgan fingerprint density at radius 2 is 2.27 bits per heavy atom. The molecule has 2 rings (SSSR count). The lowest BCUT2D eigenvalue weighted by molar-refractivity contribution is 0.215. The van der Waals surface area contributed by atoms with Crippen molar-refractivity contribution < 1.29 is 9.84 Å². The van der Waals surface area contributed by atoms with Crippen LogP contribution < -0.4 is 9.64 Å². The Kier molecular flexibility index (Phi) is 2.35. The van der Waals surface area contributed by atoms with E-state index in [-0.39, 0.29) is 12.0 Å². The largest absolute Gasteiger partial charge is 0.497 e. The first-order chi connectivity index (χ1) is 7.10. The van der Waals surface area contributed by atoms with E-state index < -0.39 is 0 Å². The normalized spacial score (nSPS) is 24.1. The van der Waals surface area contributed by atoms with Gasteiger partial charge in [0, 0.05) is 24.7 Å². The summed E-state index contributed by atoms with van der Waals surface area (Å²) in [6.07, 6.45) is 0. The van der Waals surface area contributed by atoms with Gasteiger partial charge in [0.25, 0.3) is 0 Å². The highest BCUT2D eigenvalue weighted by molar-refractivity contribution is 5.64. The highest BCUT2D eigenvalue weighted by Crippen LogP contribution is 2.41. The second-order valence-electron chi connectivity index (χ2n) is 4.46. The molecule has 1 N–H and O–H groups in total. The molecule has 0 fully saturated rings.